The topological polar surface area (TPSA) is 56.2 Å². The Hall–Kier alpha value is -1.86. The van der Waals surface area contributed by atoms with E-state index in [-0.39, 0.29) is 23.7 Å². The van der Waals surface area contributed by atoms with Crippen LogP contribution in [0, 0.1) is 35.5 Å². The highest BCUT2D eigenvalue weighted by Gasteiger charge is 2.61. The molecule has 188 valence electrons. The predicted molar refractivity (Wildman–Crippen MR) is 140 cm³/mol. The number of hydrogen-bond acceptors (Lipinski definition) is 6. The molecule has 6 nitrogen and oxygen atoms in total. The molecule has 7 heteroatoms. The van der Waals surface area contributed by atoms with Gasteiger partial charge in [0.15, 0.2) is 0 Å². The van der Waals surface area contributed by atoms with Crippen LogP contribution in [0.1, 0.15) is 44.9 Å². The average Bonchev–Trinajstić information content (AvgIpc) is 3.57. The Bertz CT molecular complexity index is 949. The maximum Gasteiger partial charge on any atom is 0.233 e. The van der Waals surface area contributed by atoms with Gasteiger partial charge in [-0.2, -0.15) is 0 Å². The SMILES string of the molecule is C=NSc1ccccc1N1CCN(C[C@@H]2CCCC[C@H]2CN2C(=O)[C@@H]3[C@@H]4CC[C@@H](C4)[C@@H]3C2=O)CC1. The molecule has 5 aliphatic rings. The van der Waals surface area contributed by atoms with Crippen LogP contribution in [0.25, 0.3) is 0 Å². The van der Waals surface area contributed by atoms with Crippen LogP contribution in [0.4, 0.5) is 5.69 Å². The van der Waals surface area contributed by atoms with Crippen molar-refractivity contribution in [1.82, 2.24) is 9.80 Å². The molecule has 0 aromatic heterocycles. The largest absolute Gasteiger partial charge is 0.368 e. The Kier molecular flexibility index (Phi) is 6.65. The third kappa shape index (κ3) is 4.33. The number of anilines is 1. The van der Waals surface area contributed by atoms with Crippen molar-refractivity contribution in [3.8, 4) is 0 Å². The van der Waals surface area contributed by atoms with E-state index in [0.29, 0.717) is 30.2 Å². The number of piperazine rings is 1. The number of rotatable bonds is 7. The van der Waals surface area contributed by atoms with Crippen molar-refractivity contribution in [3.63, 3.8) is 0 Å². The van der Waals surface area contributed by atoms with E-state index in [1.807, 2.05) is 0 Å². The summed E-state index contributed by atoms with van der Waals surface area (Å²) in [5, 5.41) is 0. The first kappa shape index (κ1) is 23.5. The van der Waals surface area contributed by atoms with Crippen molar-refractivity contribution in [2.75, 3.05) is 44.2 Å². The van der Waals surface area contributed by atoms with Crippen molar-refractivity contribution < 1.29 is 9.59 Å². The fourth-order valence-corrected chi connectivity index (χ4v) is 8.59. The molecule has 3 aliphatic carbocycles. The summed E-state index contributed by atoms with van der Waals surface area (Å²) in [6.45, 7) is 9.55. The molecule has 0 unspecified atom stereocenters. The molecule has 35 heavy (non-hydrogen) atoms. The van der Waals surface area contributed by atoms with Crippen molar-refractivity contribution >= 4 is 36.2 Å². The van der Waals surface area contributed by atoms with Gasteiger partial charge in [-0.15, -0.1) is 0 Å². The molecule has 5 fully saturated rings. The molecule has 0 spiro atoms. The molecular formula is C28H38N4O2S. The molecule has 2 amide bonds. The van der Waals surface area contributed by atoms with Gasteiger partial charge in [-0.25, -0.2) is 4.40 Å². The molecule has 2 saturated heterocycles. The molecule has 6 rings (SSSR count). The second kappa shape index (κ2) is 9.89. The second-order valence-electron chi connectivity index (χ2n) is 11.5. The molecule has 2 bridgehead atoms. The summed E-state index contributed by atoms with van der Waals surface area (Å²) in [7, 11) is 0. The van der Waals surface area contributed by atoms with Crippen molar-refractivity contribution in [2.24, 2.45) is 39.9 Å². The van der Waals surface area contributed by atoms with Gasteiger partial charge in [0.1, 0.15) is 0 Å². The van der Waals surface area contributed by atoms with Crippen LogP contribution in [-0.4, -0.2) is 67.6 Å². The number of para-hydroxylation sites is 1. The Labute approximate surface area is 213 Å². The standard InChI is InChI=1S/C28H38N4O2S/c1-29-35-24-9-5-4-8-23(24)31-14-12-30(13-15-31)17-21-6-2-3-7-22(21)18-32-27(33)25-19-10-11-20(16-19)26(25)28(32)34/h4-5,8-9,19-22,25-26H,1-3,6-7,10-18H2/t19-,20+,21-,22-,25-,26+/m0/s1. The summed E-state index contributed by atoms with van der Waals surface area (Å²) in [6, 6.07) is 8.46. The molecule has 2 aliphatic heterocycles. The number of benzene rings is 1. The number of likely N-dealkylation sites (tertiary alicyclic amines) is 1. The molecule has 1 aromatic carbocycles. The van der Waals surface area contributed by atoms with Crippen molar-refractivity contribution in [3.05, 3.63) is 24.3 Å². The first-order valence-corrected chi connectivity index (χ1v) is 14.5. The molecule has 1 aromatic rings. The van der Waals surface area contributed by atoms with Gasteiger partial charge in [-0.3, -0.25) is 19.4 Å². The molecule has 3 saturated carbocycles. The van der Waals surface area contributed by atoms with E-state index in [2.05, 4.69) is 45.2 Å². The summed E-state index contributed by atoms with van der Waals surface area (Å²) >= 11 is 1.45. The quantitative estimate of drug-likeness (QED) is 0.320. The summed E-state index contributed by atoms with van der Waals surface area (Å²) in [5.41, 5.74) is 1.26. The van der Waals surface area contributed by atoms with Gasteiger partial charge in [-0.05, 0) is 74.6 Å². The molecular weight excluding hydrogens is 456 g/mol. The van der Waals surface area contributed by atoms with E-state index >= 15 is 0 Å². The lowest BCUT2D eigenvalue weighted by atomic mass is 9.78. The minimum atomic E-state index is 0.0219. The van der Waals surface area contributed by atoms with E-state index in [1.165, 1.54) is 41.8 Å². The van der Waals surface area contributed by atoms with Gasteiger partial charge < -0.3 is 4.90 Å². The Morgan fingerprint density at radius 1 is 0.857 bits per heavy atom. The Morgan fingerprint density at radius 2 is 1.49 bits per heavy atom. The number of carbonyl (C=O) groups excluding carboxylic acids is 2. The van der Waals surface area contributed by atoms with Gasteiger partial charge in [0.2, 0.25) is 11.8 Å². The number of hydrogen-bond donors (Lipinski definition) is 0. The van der Waals surface area contributed by atoms with Crippen molar-refractivity contribution in [2.45, 2.75) is 49.8 Å². The maximum atomic E-state index is 13.3. The van der Waals surface area contributed by atoms with E-state index in [9.17, 15) is 9.59 Å². The zero-order valence-electron chi connectivity index (χ0n) is 20.7. The van der Waals surface area contributed by atoms with Crippen LogP contribution in [0.2, 0.25) is 0 Å². The van der Waals surface area contributed by atoms with Gasteiger partial charge in [-0.1, -0.05) is 25.0 Å². The van der Waals surface area contributed by atoms with Crippen LogP contribution < -0.4 is 4.90 Å². The number of amides is 2. The first-order valence-electron chi connectivity index (χ1n) is 13.7. The lowest BCUT2D eigenvalue weighted by Crippen LogP contribution is -2.49. The summed E-state index contributed by atoms with van der Waals surface area (Å²) in [5.74, 6) is 2.41. The van der Waals surface area contributed by atoms with Gasteiger partial charge in [0, 0.05) is 51.2 Å². The fraction of sp³-hybridized carbons (Fsp3) is 0.679. The highest BCUT2D eigenvalue weighted by molar-refractivity contribution is 7.98. The second-order valence-corrected chi connectivity index (χ2v) is 12.3. The van der Waals surface area contributed by atoms with E-state index in [1.54, 1.807) is 4.90 Å². The average molecular weight is 495 g/mol. The molecule has 6 atom stereocenters. The van der Waals surface area contributed by atoms with E-state index < -0.39 is 0 Å². The zero-order chi connectivity index (χ0) is 23.9. The van der Waals surface area contributed by atoms with Gasteiger partial charge in [0.05, 0.1) is 22.4 Å². The molecule has 0 radical (unpaired) electrons. The predicted octanol–water partition coefficient (Wildman–Crippen LogP) is 4.35. The lowest BCUT2D eigenvalue weighted by Gasteiger charge is -2.41. The minimum Gasteiger partial charge on any atom is -0.368 e. The van der Waals surface area contributed by atoms with E-state index in [4.69, 9.17) is 0 Å². The summed E-state index contributed by atoms with van der Waals surface area (Å²) < 4.78 is 4.02. The molecule has 2 heterocycles. The number of imide groups is 1. The third-order valence-corrected chi connectivity index (χ3v) is 10.4. The first-order chi connectivity index (χ1) is 17.1. The number of nitrogens with zero attached hydrogens (tertiary/aromatic N) is 4. The zero-order valence-corrected chi connectivity index (χ0v) is 21.5. The van der Waals surface area contributed by atoms with Crippen molar-refractivity contribution in [1.29, 1.82) is 0 Å². The molecule has 0 N–H and O–H groups in total. The summed E-state index contributed by atoms with van der Waals surface area (Å²) in [4.78, 5) is 34.5. The Balaban J connectivity index is 1.07. The van der Waals surface area contributed by atoms with E-state index in [0.717, 1.165) is 58.4 Å². The highest BCUT2D eigenvalue weighted by atomic mass is 32.2. The fourth-order valence-electron chi connectivity index (χ4n) is 8.02. The van der Waals surface area contributed by atoms with Crippen LogP contribution in [0.5, 0.6) is 0 Å². The lowest BCUT2D eigenvalue weighted by molar-refractivity contribution is -0.142. The monoisotopic (exact) mass is 494 g/mol. The van der Waals surface area contributed by atoms with Crippen LogP contribution in [0.15, 0.2) is 33.6 Å². The normalized spacial score (nSPS) is 35.1. The highest BCUT2D eigenvalue weighted by Crippen LogP contribution is 2.56. The van der Waals surface area contributed by atoms with Crippen LogP contribution in [-0.2, 0) is 9.59 Å². The number of fused-ring (bicyclic) bond motifs is 5. The smallest absolute Gasteiger partial charge is 0.233 e. The minimum absolute atomic E-state index is 0.0219. The summed E-state index contributed by atoms with van der Waals surface area (Å²) in [6.07, 6.45) is 8.32. The third-order valence-electron chi connectivity index (χ3n) is 9.74. The maximum absolute atomic E-state index is 13.3. The van der Waals surface area contributed by atoms with Crippen LogP contribution in [0.3, 0.4) is 0 Å². The number of carbonyl (C=O) groups is 2. The Morgan fingerprint density at radius 3 is 2.14 bits per heavy atom. The van der Waals surface area contributed by atoms with Gasteiger partial charge in [0.25, 0.3) is 0 Å². The van der Waals surface area contributed by atoms with Gasteiger partial charge >= 0.3 is 0 Å². The van der Waals surface area contributed by atoms with Crippen LogP contribution >= 0.6 is 11.9 Å².